The topological polar surface area (TPSA) is 122 Å². The zero-order valence-electron chi connectivity index (χ0n) is 28.5. The van der Waals surface area contributed by atoms with Gasteiger partial charge in [0, 0.05) is 0 Å². The lowest BCUT2D eigenvalue weighted by atomic mass is 10.0. The molecule has 0 bridgehead atoms. The number of phosphoric ester groups is 1. The Hall–Kier alpha value is -1.56. The molecule has 1 atom stereocenters. The Balaban J connectivity index is 4.26. The summed E-state index contributed by atoms with van der Waals surface area (Å²) in [6.45, 7) is 16.8. The molecule has 1 unspecified atom stereocenters. The molecule has 0 aromatic carbocycles. The van der Waals surface area contributed by atoms with Gasteiger partial charge in [-0.1, -0.05) is 81.5 Å². The molecule has 0 heterocycles. The summed E-state index contributed by atoms with van der Waals surface area (Å²) in [6, 6.07) is 0. The van der Waals surface area contributed by atoms with E-state index in [2.05, 4.69) is 93.8 Å². The van der Waals surface area contributed by atoms with Crippen LogP contribution in [0.5, 0.6) is 0 Å². The molecule has 0 rings (SSSR count). The smallest absolute Gasteiger partial charge is 0.272 e. The van der Waals surface area contributed by atoms with E-state index in [1.165, 1.54) is 39.5 Å². The van der Waals surface area contributed by atoms with Crippen LogP contribution in [-0.2, 0) is 18.0 Å². The Morgan fingerprint density at radius 2 is 0.750 bits per heavy atom. The second-order valence-corrected chi connectivity index (χ2v) is 14.8. The normalized spacial score (nSPS) is 15.9. The van der Waals surface area contributed by atoms with E-state index in [0.717, 1.165) is 76.2 Å². The summed E-state index contributed by atoms with van der Waals surface area (Å²) in [6.07, 6.45) is 27.9. The first kappa shape index (κ1) is 42.4. The van der Waals surface area contributed by atoms with Gasteiger partial charge < -0.3 is 23.8 Å². The second-order valence-electron chi connectivity index (χ2n) is 12.1. The summed E-state index contributed by atoms with van der Waals surface area (Å²) in [5.74, 6) is 0. The van der Waals surface area contributed by atoms with Crippen molar-refractivity contribution in [2.45, 2.75) is 132 Å². The van der Waals surface area contributed by atoms with Crippen LogP contribution in [-0.4, -0.2) is 6.61 Å². The maximum Gasteiger partial charge on any atom is 0.272 e. The Kier molecular flexibility index (Phi) is 22.9. The van der Waals surface area contributed by atoms with Crippen LogP contribution < -0.4 is 14.7 Å². The molecule has 0 N–H and O–H groups in total. The predicted octanol–water partition coefficient (Wildman–Crippen LogP) is 9.64. The molecule has 0 aromatic rings. The van der Waals surface area contributed by atoms with Crippen molar-refractivity contribution in [2.75, 3.05) is 6.61 Å². The van der Waals surface area contributed by atoms with Crippen LogP contribution in [0.25, 0.3) is 0 Å². The molecule has 9 heteroatoms. The number of allylic oxidation sites excluding steroid dienone is 13. The van der Waals surface area contributed by atoms with Gasteiger partial charge in [0.15, 0.2) is 0 Å². The van der Waals surface area contributed by atoms with Crippen LogP contribution in [0.4, 0.5) is 0 Å². The van der Waals surface area contributed by atoms with Gasteiger partial charge in [0.25, 0.3) is 7.82 Å². The van der Waals surface area contributed by atoms with Crippen LogP contribution in [0.15, 0.2) is 81.5 Å². The van der Waals surface area contributed by atoms with Crippen molar-refractivity contribution in [2.24, 2.45) is 0 Å². The van der Waals surface area contributed by atoms with Crippen molar-refractivity contribution in [3.63, 3.8) is 0 Å². The highest BCUT2D eigenvalue weighted by Gasteiger charge is 2.10. The minimum Gasteiger partial charge on any atom is -0.790 e. The molecule has 0 amide bonds. The van der Waals surface area contributed by atoms with Gasteiger partial charge >= 0.3 is 0 Å². The molecule has 0 aliphatic heterocycles. The van der Waals surface area contributed by atoms with Gasteiger partial charge in [0.05, 0.1) is 14.4 Å². The van der Waals surface area contributed by atoms with E-state index >= 15 is 0 Å². The van der Waals surface area contributed by atoms with E-state index < -0.39 is 15.6 Å². The summed E-state index contributed by atoms with van der Waals surface area (Å²) in [5, 5.41) is 0. The fourth-order valence-corrected chi connectivity index (χ4v) is 5.77. The SMILES string of the molecule is CC(C)=CCC/C(C)=C/CC/C(C)=C\CC/C(C)=C\CC/C(C)=C\CC/C(C)=C\CC/C(C)=C\COP(=O)([O-])OP(=O)([O-])[O-]. The predicted molar refractivity (Wildman–Crippen MR) is 180 cm³/mol. The average Bonchev–Trinajstić information content (AvgIpc) is 2.87. The Labute approximate surface area is 268 Å². The monoisotopic (exact) mass is 651 g/mol. The van der Waals surface area contributed by atoms with Crippen LogP contribution in [0, 0.1) is 0 Å². The maximum atomic E-state index is 11.3. The molecule has 0 fully saturated rings. The van der Waals surface area contributed by atoms with E-state index in [1.54, 1.807) is 0 Å². The van der Waals surface area contributed by atoms with E-state index in [4.69, 9.17) is 0 Å². The lowest BCUT2D eigenvalue weighted by Gasteiger charge is -2.34. The van der Waals surface area contributed by atoms with Crippen LogP contribution in [0.1, 0.15) is 132 Å². The Morgan fingerprint density at radius 1 is 0.477 bits per heavy atom. The second kappa shape index (κ2) is 23.7. The summed E-state index contributed by atoms with van der Waals surface area (Å²) in [7, 11) is -10.8. The van der Waals surface area contributed by atoms with E-state index in [0.29, 0.717) is 6.42 Å². The van der Waals surface area contributed by atoms with Crippen molar-refractivity contribution in [3.05, 3.63) is 81.5 Å². The molecular weight excluding hydrogens is 594 g/mol. The molecule has 252 valence electrons. The third-order valence-electron chi connectivity index (χ3n) is 7.11. The first-order chi connectivity index (χ1) is 20.5. The summed E-state index contributed by atoms with van der Waals surface area (Å²) in [4.78, 5) is 32.1. The number of hydrogen-bond acceptors (Lipinski definition) is 7. The van der Waals surface area contributed by atoms with Gasteiger partial charge in [-0.3, -0.25) is 8.88 Å². The van der Waals surface area contributed by atoms with Gasteiger partial charge in [0.2, 0.25) is 0 Å². The maximum absolute atomic E-state index is 11.3. The summed E-state index contributed by atoms with van der Waals surface area (Å²) in [5.41, 5.74) is 9.41. The molecule has 44 heavy (non-hydrogen) atoms. The number of phosphoric acid groups is 2. The zero-order chi connectivity index (χ0) is 33.6. The molecule has 0 saturated carbocycles. The average molecular weight is 652 g/mol. The molecule has 0 aliphatic carbocycles. The summed E-state index contributed by atoms with van der Waals surface area (Å²) >= 11 is 0. The van der Waals surface area contributed by atoms with E-state index in [1.807, 2.05) is 6.92 Å². The lowest BCUT2D eigenvalue weighted by molar-refractivity contribution is -0.339. The standard InChI is InChI=1S/C35H60O7P2/c1-29(2)15-9-16-30(3)17-10-18-31(4)19-11-20-32(5)21-12-22-33(6)23-13-24-34(7)25-14-26-35(8)27-28-41-44(39,40)42-43(36,37)38/h15,17,19,21,23,25,27H,9-14,16,18,20,22,24,26,28H2,1-8H3,(H,39,40)(H2,36,37,38)/p-3/b30-17+,31-19-,32-21-,33-23-,34-25-,35-27-. The first-order valence-electron chi connectivity index (χ1n) is 15.7. The minimum absolute atomic E-state index is 0.389. The van der Waals surface area contributed by atoms with Crippen molar-refractivity contribution in [1.82, 2.24) is 0 Å². The molecule has 0 aromatic heterocycles. The Morgan fingerprint density at radius 3 is 1.02 bits per heavy atom. The zero-order valence-corrected chi connectivity index (χ0v) is 30.3. The molecule has 0 radical (unpaired) electrons. The molecule has 0 aliphatic rings. The van der Waals surface area contributed by atoms with Crippen molar-refractivity contribution in [1.29, 1.82) is 0 Å². The van der Waals surface area contributed by atoms with Crippen LogP contribution in [0.3, 0.4) is 0 Å². The van der Waals surface area contributed by atoms with Gasteiger partial charge in [-0.05, 0) is 132 Å². The molecular formula is C35H57O7P2-3. The fourth-order valence-electron chi connectivity index (χ4n) is 4.35. The quantitative estimate of drug-likeness (QED) is 0.0796. The number of hydrogen-bond donors (Lipinski definition) is 0. The molecule has 0 saturated heterocycles. The van der Waals surface area contributed by atoms with E-state index in [9.17, 15) is 23.8 Å². The summed E-state index contributed by atoms with van der Waals surface area (Å²) < 4.78 is 29.5. The first-order valence-corrected chi connectivity index (χ1v) is 18.7. The van der Waals surface area contributed by atoms with Crippen molar-refractivity contribution >= 4 is 15.6 Å². The van der Waals surface area contributed by atoms with Crippen molar-refractivity contribution in [3.8, 4) is 0 Å². The van der Waals surface area contributed by atoms with Crippen LogP contribution >= 0.6 is 15.6 Å². The van der Waals surface area contributed by atoms with Gasteiger partial charge in [-0.2, -0.15) is 0 Å². The third kappa shape index (κ3) is 28.0. The van der Waals surface area contributed by atoms with E-state index in [-0.39, 0.29) is 6.61 Å². The fraction of sp³-hybridized carbons (Fsp3) is 0.600. The van der Waals surface area contributed by atoms with Gasteiger partial charge in [0.1, 0.15) is 0 Å². The van der Waals surface area contributed by atoms with Gasteiger partial charge in [-0.25, -0.2) is 0 Å². The number of rotatable bonds is 23. The minimum atomic E-state index is -5.66. The molecule has 7 nitrogen and oxygen atoms in total. The van der Waals surface area contributed by atoms with Gasteiger partial charge in [-0.15, -0.1) is 0 Å². The highest BCUT2D eigenvalue weighted by atomic mass is 31.3. The van der Waals surface area contributed by atoms with Crippen LogP contribution in [0.2, 0.25) is 0 Å². The Bertz CT molecular complexity index is 1160. The highest BCUT2D eigenvalue weighted by Crippen LogP contribution is 2.50. The highest BCUT2D eigenvalue weighted by molar-refractivity contribution is 7.58. The van der Waals surface area contributed by atoms with Crippen molar-refractivity contribution < 1.29 is 32.6 Å². The largest absolute Gasteiger partial charge is 0.790 e. The third-order valence-corrected chi connectivity index (χ3v) is 9.18. The molecule has 0 spiro atoms. The lowest BCUT2D eigenvalue weighted by Crippen LogP contribution is -2.19.